The van der Waals surface area contributed by atoms with Gasteiger partial charge in [0.1, 0.15) is 11.9 Å². The number of aromatic nitrogens is 1. The summed E-state index contributed by atoms with van der Waals surface area (Å²) >= 11 is 1.03. The Morgan fingerprint density at radius 1 is 1.22 bits per heavy atom. The van der Waals surface area contributed by atoms with Crippen LogP contribution >= 0.6 is 11.3 Å². The van der Waals surface area contributed by atoms with E-state index in [1.54, 1.807) is 0 Å². The normalized spacial score (nSPS) is 27.9. The molecule has 0 aliphatic heterocycles. The van der Waals surface area contributed by atoms with Gasteiger partial charge in [-0.15, -0.1) is 0 Å². The van der Waals surface area contributed by atoms with Crippen LogP contribution in [-0.2, 0) is 0 Å². The fourth-order valence-electron chi connectivity index (χ4n) is 5.39. The lowest BCUT2D eigenvalue weighted by atomic mass is 9.71. The molecule has 2 fully saturated rings. The molecule has 5 rings (SSSR count). The van der Waals surface area contributed by atoms with Crippen LogP contribution in [0.3, 0.4) is 0 Å². The number of thiazole rings is 1. The van der Waals surface area contributed by atoms with Gasteiger partial charge in [-0.25, -0.2) is 0 Å². The van der Waals surface area contributed by atoms with Gasteiger partial charge in [-0.05, 0) is 73.4 Å². The highest BCUT2D eigenvalue weighted by Crippen LogP contribution is 2.47. The molecule has 3 N–H and O–H groups in total. The van der Waals surface area contributed by atoms with Crippen LogP contribution in [0.5, 0.6) is 11.6 Å². The molecule has 166 valence electrons. The van der Waals surface area contributed by atoms with Gasteiger partial charge in [0.15, 0.2) is 0 Å². The minimum absolute atomic E-state index is 0.0789. The first-order valence-corrected chi connectivity index (χ1v) is 12.0. The van der Waals surface area contributed by atoms with Gasteiger partial charge in [0.2, 0.25) is 5.88 Å². The maximum Gasteiger partial charge on any atom is 0.307 e. The monoisotopic (exact) mass is 450 g/mol. The summed E-state index contributed by atoms with van der Waals surface area (Å²) < 4.78 is 6.33. The molecule has 3 aliphatic carbocycles. The zero-order valence-corrected chi connectivity index (χ0v) is 18.5. The molecule has 2 aromatic rings. The van der Waals surface area contributed by atoms with Gasteiger partial charge in [-0.3, -0.25) is 9.78 Å². The fraction of sp³-hybridized carbons (Fsp3) is 0.440. The number of aromatic hydroxyl groups is 1. The summed E-state index contributed by atoms with van der Waals surface area (Å²) in [6, 6.07) is 10.2. The van der Waals surface area contributed by atoms with E-state index in [-0.39, 0.29) is 40.7 Å². The molecule has 0 saturated heterocycles. The van der Waals surface area contributed by atoms with Gasteiger partial charge >= 0.3 is 4.87 Å². The second-order valence-electron chi connectivity index (χ2n) is 9.00. The molecule has 0 radical (unpaired) electrons. The number of benzene rings is 1. The Hall–Kier alpha value is -2.82. The average molecular weight is 451 g/mol. The Morgan fingerprint density at radius 3 is 2.66 bits per heavy atom. The van der Waals surface area contributed by atoms with Crippen LogP contribution in [0.1, 0.15) is 54.9 Å². The molecule has 32 heavy (non-hydrogen) atoms. The van der Waals surface area contributed by atoms with Crippen LogP contribution in [0, 0.1) is 23.2 Å². The fourth-order valence-corrected chi connectivity index (χ4v) is 6.34. The van der Waals surface area contributed by atoms with Crippen molar-refractivity contribution in [2.75, 3.05) is 0 Å². The highest BCUT2D eigenvalue weighted by molar-refractivity contribution is 7.09. The molecule has 1 aromatic carbocycles. The number of ether oxygens (including phenoxy) is 1. The number of allylic oxidation sites excluding steroid dienone is 2. The molecule has 3 unspecified atom stereocenters. The van der Waals surface area contributed by atoms with Crippen molar-refractivity contribution in [2.45, 2.75) is 56.7 Å². The molecular formula is C25H26N2O4S. The molecule has 0 bridgehead atoms. The van der Waals surface area contributed by atoms with E-state index in [1.165, 1.54) is 5.57 Å². The maximum absolute atomic E-state index is 11.8. The highest BCUT2D eigenvalue weighted by Gasteiger charge is 2.38. The number of nitriles is 1. The van der Waals surface area contributed by atoms with Crippen LogP contribution < -0.4 is 9.61 Å². The van der Waals surface area contributed by atoms with E-state index in [4.69, 9.17) is 4.74 Å². The third kappa shape index (κ3) is 3.89. The first-order valence-electron chi connectivity index (χ1n) is 11.2. The molecule has 3 aliphatic rings. The molecule has 0 spiro atoms. The Morgan fingerprint density at radius 2 is 2.00 bits per heavy atom. The van der Waals surface area contributed by atoms with Crippen LogP contribution in [-0.4, -0.2) is 27.4 Å². The van der Waals surface area contributed by atoms with Gasteiger partial charge in [0, 0.05) is 11.8 Å². The molecule has 2 saturated carbocycles. The van der Waals surface area contributed by atoms with Crippen molar-refractivity contribution in [3.63, 3.8) is 0 Å². The lowest BCUT2D eigenvalue weighted by Crippen LogP contribution is -2.33. The lowest BCUT2D eigenvalue weighted by Gasteiger charge is -2.37. The zero-order valence-electron chi connectivity index (χ0n) is 17.7. The quantitative estimate of drug-likeness (QED) is 0.627. The Bertz CT molecular complexity index is 1150. The second kappa shape index (κ2) is 8.61. The lowest BCUT2D eigenvalue weighted by molar-refractivity contribution is 0.0357. The van der Waals surface area contributed by atoms with E-state index < -0.39 is 0 Å². The minimum Gasteiger partial charge on any atom is -0.494 e. The SMILES string of the molecule is N#CC1=C2CCCCC2C(Oc2ccc(C(c3sc(=O)[nH]c3O)C3CC(O)C3)cc2)C=C1. The van der Waals surface area contributed by atoms with Gasteiger partial charge < -0.3 is 14.9 Å². The van der Waals surface area contributed by atoms with E-state index in [2.05, 4.69) is 11.1 Å². The first kappa shape index (κ1) is 21.0. The van der Waals surface area contributed by atoms with Crippen molar-refractivity contribution in [1.82, 2.24) is 4.98 Å². The van der Waals surface area contributed by atoms with Gasteiger partial charge in [0.05, 0.1) is 22.6 Å². The van der Waals surface area contributed by atoms with Crippen molar-refractivity contribution in [1.29, 1.82) is 5.26 Å². The number of nitrogens with one attached hydrogen (secondary N) is 1. The van der Waals surface area contributed by atoms with Crippen LogP contribution in [0.4, 0.5) is 0 Å². The van der Waals surface area contributed by atoms with Gasteiger partial charge in [-0.2, -0.15) is 5.26 Å². The number of H-pyrrole nitrogens is 1. The van der Waals surface area contributed by atoms with E-state index in [1.807, 2.05) is 36.4 Å². The third-order valence-corrected chi connectivity index (χ3v) is 8.00. The van der Waals surface area contributed by atoms with Crippen molar-refractivity contribution < 1.29 is 14.9 Å². The van der Waals surface area contributed by atoms with Crippen molar-refractivity contribution in [2.24, 2.45) is 11.8 Å². The third-order valence-electron chi connectivity index (χ3n) is 7.05. The Labute approximate surface area is 190 Å². The molecular weight excluding hydrogens is 424 g/mol. The highest BCUT2D eigenvalue weighted by atomic mass is 32.1. The number of rotatable bonds is 5. The number of nitrogens with zero attached hydrogens (tertiary/aromatic N) is 1. The largest absolute Gasteiger partial charge is 0.494 e. The zero-order chi connectivity index (χ0) is 22.2. The molecule has 1 aromatic heterocycles. The number of aliphatic hydroxyl groups excluding tert-OH is 1. The summed E-state index contributed by atoms with van der Waals surface area (Å²) in [6.45, 7) is 0. The van der Waals surface area contributed by atoms with Gasteiger partial charge in [0.25, 0.3) is 0 Å². The van der Waals surface area contributed by atoms with Crippen molar-refractivity contribution in [3.8, 4) is 17.7 Å². The van der Waals surface area contributed by atoms with E-state index in [0.717, 1.165) is 53.9 Å². The molecule has 6 nitrogen and oxygen atoms in total. The van der Waals surface area contributed by atoms with E-state index in [0.29, 0.717) is 17.7 Å². The summed E-state index contributed by atoms with van der Waals surface area (Å²) in [5.74, 6) is 0.963. The molecule has 0 amide bonds. The Kier molecular flexibility index (Phi) is 5.66. The van der Waals surface area contributed by atoms with Crippen molar-refractivity contribution in [3.05, 3.63) is 67.7 Å². The number of fused-ring (bicyclic) bond motifs is 1. The number of hydrogen-bond donors (Lipinski definition) is 3. The Balaban J connectivity index is 1.37. The van der Waals surface area contributed by atoms with Gasteiger partial charge in [-0.1, -0.05) is 29.9 Å². The van der Waals surface area contributed by atoms with Crippen LogP contribution in [0.15, 0.2) is 52.4 Å². The number of aliphatic hydroxyl groups is 1. The first-order chi connectivity index (χ1) is 15.5. The molecule has 3 atom stereocenters. The number of hydrogen-bond acceptors (Lipinski definition) is 6. The summed E-state index contributed by atoms with van der Waals surface area (Å²) in [4.78, 5) is 14.6. The second-order valence-corrected chi connectivity index (χ2v) is 10.0. The summed E-state index contributed by atoms with van der Waals surface area (Å²) in [5.41, 5.74) is 3.01. The predicted octanol–water partition coefficient (Wildman–Crippen LogP) is 4.37. The number of aromatic amines is 1. The smallest absolute Gasteiger partial charge is 0.307 e. The maximum atomic E-state index is 11.8. The topological polar surface area (TPSA) is 106 Å². The molecule has 1 heterocycles. The average Bonchev–Trinajstić information content (AvgIpc) is 3.11. The van der Waals surface area contributed by atoms with E-state index in [9.17, 15) is 20.3 Å². The summed E-state index contributed by atoms with van der Waals surface area (Å²) in [6.07, 6.45) is 9.07. The minimum atomic E-state index is -0.322. The van der Waals surface area contributed by atoms with E-state index >= 15 is 0 Å². The van der Waals surface area contributed by atoms with Crippen LogP contribution in [0.25, 0.3) is 0 Å². The van der Waals surface area contributed by atoms with Crippen molar-refractivity contribution >= 4 is 11.3 Å². The predicted molar refractivity (Wildman–Crippen MR) is 122 cm³/mol. The standard InChI is InChI=1S/C25H26N2O4S/c26-13-15-7-10-21(20-4-2-1-3-19(15)20)31-18-8-5-14(6-9-18)22(16-11-17(28)12-16)23-24(29)27-25(30)32-23/h5-10,16-17,20-22,28-29H,1-4,11-12H2,(H,27,30). The molecule has 7 heteroatoms. The van der Waals surface area contributed by atoms with Crippen LogP contribution in [0.2, 0.25) is 0 Å². The summed E-state index contributed by atoms with van der Waals surface area (Å²) in [5, 5.41) is 29.5. The summed E-state index contributed by atoms with van der Waals surface area (Å²) in [7, 11) is 0.